The summed E-state index contributed by atoms with van der Waals surface area (Å²) in [7, 11) is -3.84. The molecule has 0 aliphatic heterocycles. The Labute approximate surface area is 240 Å². The van der Waals surface area contributed by atoms with Gasteiger partial charge in [-0.2, -0.15) is 0 Å². The van der Waals surface area contributed by atoms with Crippen molar-refractivity contribution in [1.82, 2.24) is 10.2 Å². The summed E-state index contributed by atoms with van der Waals surface area (Å²) in [6.45, 7) is 5.41. The number of hydrogen-bond acceptors (Lipinski definition) is 4. The Kier molecular flexibility index (Phi) is 10.4. The van der Waals surface area contributed by atoms with Crippen molar-refractivity contribution >= 4 is 50.7 Å². The molecule has 3 rings (SSSR count). The summed E-state index contributed by atoms with van der Waals surface area (Å²) >= 11 is 12.4. The topological polar surface area (TPSA) is 86.8 Å². The predicted octanol–water partition coefficient (Wildman–Crippen LogP) is 5.15. The van der Waals surface area contributed by atoms with E-state index in [2.05, 4.69) is 5.32 Å². The minimum Gasteiger partial charge on any atom is -0.355 e. The van der Waals surface area contributed by atoms with Gasteiger partial charge in [-0.05, 0) is 61.2 Å². The van der Waals surface area contributed by atoms with E-state index in [1.165, 1.54) is 4.90 Å². The Morgan fingerprint density at radius 1 is 0.923 bits per heavy atom. The monoisotopic (exact) mass is 589 g/mol. The number of carbonyl (C=O) groups is 2. The van der Waals surface area contributed by atoms with Crippen molar-refractivity contribution < 1.29 is 18.0 Å². The number of nitrogens with one attached hydrogen (secondary N) is 1. The maximum atomic E-state index is 14.0. The van der Waals surface area contributed by atoms with Gasteiger partial charge in [-0.25, -0.2) is 8.42 Å². The van der Waals surface area contributed by atoms with Crippen LogP contribution in [-0.2, 0) is 32.6 Å². The molecule has 10 heteroatoms. The number of benzene rings is 3. The minimum atomic E-state index is -3.84. The Morgan fingerprint density at radius 2 is 1.62 bits per heavy atom. The third-order valence-electron chi connectivity index (χ3n) is 6.48. The molecule has 3 aromatic carbocycles. The molecule has 0 saturated heterocycles. The van der Waals surface area contributed by atoms with Gasteiger partial charge in [0.2, 0.25) is 21.8 Å². The smallest absolute Gasteiger partial charge is 0.244 e. The summed E-state index contributed by atoms with van der Waals surface area (Å²) in [4.78, 5) is 28.8. The third-order valence-corrected chi connectivity index (χ3v) is 8.35. The number of carbonyl (C=O) groups excluding carboxylic acids is 2. The fraction of sp³-hybridized carbons (Fsp3) is 0.310. The zero-order valence-corrected chi connectivity index (χ0v) is 24.8. The SMILES string of the molecule is CCNC(=O)[C@H](Cc1ccccc1)N(Cc1ccc(Cl)c(Cl)c1)C(=O)CN(c1cccc(C)c1C)S(C)(=O)=O. The van der Waals surface area contributed by atoms with E-state index in [1.807, 2.05) is 50.2 Å². The second-order valence-corrected chi connectivity index (χ2v) is 12.1. The molecule has 1 N–H and O–H groups in total. The quantitative estimate of drug-likeness (QED) is 0.335. The van der Waals surface area contributed by atoms with Crippen LogP contribution in [0.3, 0.4) is 0 Å². The van der Waals surface area contributed by atoms with Crippen molar-refractivity contribution in [2.24, 2.45) is 0 Å². The van der Waals surface area contributed by atoms with Crippen LogP contribution in [0, 0.1) is 13.8 Å². The number of amides is 2. The predicted molar refractivity (Wildman–Crippen MR) is 158 cm³/mol. The van der Waals surface area contributed by atoms with E-state index in [0.29, 0.717) is 27.8 Å². The van der Waals surface area contributed by atoms with E-state index in [4.69, 9.17) is 23.2 Å². The standard InChI is InChI=1S/C29H33Cl2N3O4S/c1-5-32-29(36)27(17-22-11-7-6-8-12-22)33(18-23-14-15-24(30)25(31)16-23)28(35)19-34(39(4,37)38)26-13-9-10-20(2)21(26)3/h6-16,27H,5,17-19H2,1-4H3,(H,32,36)/t27-/m0/s1. The maximum absolute atomic E-state index is 14.0. The summed E-state index contributed by atoms with van der Waals surface area (Å²) in [5.41, 5.74) is 3.56. The Hall–Kier alpha value is -3.07. The molecule has 0 heterocycles. The van der Waals surface area contributed by atoms with E-state index in [1.54, 1.807) is 37.3 Å². The molecule has 0 aliphatic carbocycles. The number of nitrogens with zero attached hydrogens (tertiary/aromatic N) is 2. The number of halogens is 2. The lowest BCUT2D eigenvalue weighted by molar-refractivity contribution is -0.140. The molecule has 2 amide bonds. The molecular weight excluding hydrogens is 557 g/mol. The van der Waals surface area contributed by atoms with Gasteiger partial charge in [0, 0.05) is 19.5 Å². The largest absolute Gasteiger partial charge is 0.355 e. The van der Waals surface area contributed by atoms with Crippen LogP contribution in [0.5, 0.6) is 0 Å². The first-order valence-electron chi connectivity index (χ1n) is 12.5. The van der Waals surface area contributed by atoms with E-state index in [9.17, 15) is 18.0 Å². The molecule has 39 heavy (non-hydrogen) atoms. The van der Waals surface area contributed by atoms with Crippen LogP contribution in [0.25, 0.3) is 0 Å². The molecule has 0 bridgehead atoms. The Morgan fingerprint density at radius 3 is 2.23 bits per heavy atom. The van der Waals surface area contributed by atoms with Gasteiger partial charge in [-0.1, -0.05) is 71.7 Å². The highest BCUT2D eigenvalue weighted by Gasteiger charge is 2.33. The van der Waals surface area contributed by atoms with E-state index >= 15 is 0 Å². The summed E-state index contributed by atoms with van der Waals surface area (Å²) in [5, 5.41) is 3.50. The van der Waals surface area contributed by atoms with E-state index in [0.717, 1.165) is 27.3 Å². The zero-order valence-electron chi connectivity index (χ0n) is 22.4. The van der Waals surface area contributed by atoms with Crippen LogP contribution in [0.4, 0.5) is 5.69 Å². The number of rotatable bonds is 11. The lowest BCUT2D eigenvalue weighted by Gasteiger charge is -2.34. The highest BCUT2D eigenvalue weighted by atomic mass is 35.5. The lowest BCUT2D eigenvalue weighted by Crippen LogP contribution is -2.53. The first-order valence-corrected chi connectivity index (χ1v) is 15.1. The molecule has 0 radical (unpaired) electrons. The van der Waals surface area contributed by atoms with Crippen LogP contribution in [0.15, 0.2) is 66.7 Å². The molecule has 208 valence electrons. The minimum absolute atomic E-state index is 0.0226. The van der Waals surface area contributed by atoms with Crippen molar-refractivity contribution in [2.75, 3.05) is 23.7 Å². The zero-order chi connectivity index (χ0) is 28.7. The molecule has 0 fully saturated rings. The molecule has 0 aliphatic rings. The van der Waals surface area contributed by atoms with Crippen LogP contribution in [0.1, 0.15) is 29.2 Å². The van der Waals surface area contributed by atoms with Crippen molar-refractivity contribution in [3.05, 3.63) is 99.0 Å². The lowest BCUT2D eigenvalue weighted by atomic mass is 10.0. The van der Waals surface area contributed by atoms with Crippen LogP contribution >= 0.6 is 23.2 Å². The van der Waals surface area contributed by atoms with Crippen molar-refractivity contribution in [1.29, 1.82) is 0 Å². The van der Waals surface area contributed by atoms with Crippen LogP contribution in [0.2, 0.25) is 10.0 Å². The van der Waals surface area contributed by atoms with Gasteiger partial charge in [0.15, 0.2) is 0 Å². The molecule has 0 aromatic heterocycles. The number of sulfonamides is 1. The summed E-state index contributed by atoms with van der Waals surface area (Å²) in [6.07, 6.45) is 1.30. The average Bonchev–Trinajstić information content (AvgIpc) is 2.88. The first kappa shape index (κ1) is 30.5. The number of anilines is 1. The molecule has 0 saturated carbocycles. The highest BCUT2D eigenvalue weighted by molar-refractivity contribution is 7.92. The second-order valence-electron chi connectivity index (χ2n) is 9.36. The van der Waals surface area contributed by atoms with Gasteiger partial charge in [-0.15, -0.1) is 0 Å². The van der Waals surface area contributed by atoms with Crippen LogP contribution in [-0.4, -0.2) is 50.5 Å². The molecule has 3 aromatic rings. The number of aryl methyl sites for hydroxylation is 1. The van der Waals surface area contributed by atoms with Gasteiger partial charge in [0.05, 0.1) is 22.0 Å². The maximum Gasteiger partial charge on any atom is 0.244 e. The number of likely N-dealkylation sites (N-methyl/N-ethyl adjacent to an activating group) is 1. The number of hydrogen-bond donors (Lipinski definition) is 1. The molecular formula is C29H33Cl2N3O4S. The van der Waals surface area contributed by atoms with Crippen molar-refractivity contribution in [3.63, 3.8) is 0 Å². The first-order chi connectivity index (χ1) is 18.4. The molecule has 0 spiro atoms. The Bertz CT molecular complexity index is 1430. The van der Waals surface area contributed by atoms with Gasteiger partial charge >= 0.3 is 0 Å². The van der Waals surface area contributed by atoms with Gasteiger partial charge in [0.25, 0.3) is 0 Å². The van der Waals surface area contributed by atoms with E-state index in [-0.39, 0.29) is 18.9 Å². The van der Waals surface area contributed by atoms with Crippen molar-refractivity contribution in [3.8, 4) is 0 Å². The normalized spacial score (nSPS) is 12.1. The third kappa shape index (κ3) is 7.97. The molecule has 0 unspecified atom stereocenters. The van der Waals surface area contributed by atoms with Crippen molar-refractivity contribution in [2.45, 2.75) is 39.8 Å². The van der Waals surface area contributed by atoms with Gasteiger partial charge < -0.3 is 10.2 Å². The molecule has 7 nitrogen and oxygen atoms in total. The summed E-state index contributed by atoms with van der Waals surface area (Å²) in [6, 6.07) is 18.7. The van der Waals surface area contributed by atoms with Crippen LogP contribution < -0.4 is 9.62 Å². The van der Waals surface area contributed by atoms with Gasteiger partial charge in [-0.3, -0.25) is 13.9 Å². The van der Waals surface area contributed by atoms with E-state index < -0.39 is 28.5 Å². The highest BCUT2D eigenvalue weighted by Crippen LogP contribution is 2.27. The molecule has 1 atom stereocenters. The summed E-state index contributed by atoms with van der Waals surface area (Å²) < 4.78 is 27.0. The fourth-order valence-corrected chi connectivity index (χ4v) is 5.50. The Balaban J connectivity index is 2.08. The summed E-state index contributed by atoms with van der Waals surface area (Å²) in [5.74, 6) is -0.869. The second kappa shape index (κ2) is 13.3. The fourth-order valence-electron chi connectivity index (χ4n) is 4.28. The van der Waals surface area contributed by atoms with Gasteiger partial charge in [0.1, 0.15) is 12.6 Å². The average molecular weight is 591 g/mol.